The van der Waals surface area contributed by atoms with Gasteiger partial charge in [-0.15, -0.1) is 0 Å². The second-order valence-corrected chi connectivity index (χ2v) is 5.68. The largest absolute Gasteiger partial charge is 0.418 e. The van der Waals surface area contributed by atoms with Gasteiger partial charge in [0.05, 0.1) is 18.3 Å². The maximum Gasteiger partial charge on any atom is 0.418 e. The molecule has 0 aromatic heterocycles. The number of anilines is 1. The lowest BCUT2D eigenvalue weighted by Crippen LogP contribution is -3.11. The van der Waals surface area contributed by atoms with Crippen LogP contribution in [-0.2, 0) is 15.8 Å². The molecule has 3 N–H and O–H groups in total. The smallest absolute Gasteiger partial charge is 0.336 e. The van der Waals surface area contributed by atoms with Crippen LogP contribution in [0.2, 0.25) is 0 Å². The van der Waals surface area contributed by atoms with Crippen molar-refractivity contribution in [2.75, 3.05) is 38.5 Å². The molecule has 136 valence electrons. The first-order valence-electron chi connectivity index (χ1n) is 7.54. The normalized spacial score (nSPS) is 15.7. The van der Waals surface area contributed by atoms with Crippen LogP contribution >= 0.6 is 0 Å². The van der Waals surface area contributed by atoms with Crippen molar-refractivity contribution >= 4 is 23.5 Å². The minimum Gasteiger partial charge on any atom is -0.336 e. The molecule has 25 heavy (non-hydrogen) atoms. The summed E-state index contributed by atoms with van der Waals surface area (Å²) in [7, 11) is 1.54. The van der Waals surface area contributed by atoms with E-state index in [-0.39, 0.29) is 25.3 Å². The second-order valence-electron chi connectivity index (χ2n) is 5.68. The number of nitrogens with zero attached hydrogens (tertiary/aromatic N) is 1. The Bertz CT molecular complexity index is 678. The van der Waals surface area contributed by atoms with Gasteiger partial charge in [-0.2, -0.15) is 13.2 Å². The fourth-order valence-electron chi connectivity index (χ4n) is 2.43. The van der Waals surface area contributed by atoms with Crippen molar-refractivity contribution in [3.05, 3.63) is 29.8 Å². The topological polar surface area (TPSA) is 82.9 Å². The average molecular weight is 359 g/mol. The standard InChI is InChI=1S/C15H17F3N4O3/c1-21(9-13(24)22-7-6-19-14(22)25)8-12(23)20-11-5-3-2-4-10(11)15(16,17)18/h2-5H,6-9H2,1H3,(H,19,25)(H,20,23)/p+1. The van der Waals surface area contributed by atoms with Gasteiger partial charge in [0.1, 0.15) is 0 Å². The molecule has 1 atom stereocenters. The van der Waals surface area contributed by atoms with Gasteiger partial charge in [0.15, 0.2) is 13.1 Å². The Morgan fingerprint density at radius 1 is 1.28 bits per heavy atom. The first-order valence-corrected chi connectivity index (χ1v) is 7.54. The third-order valence-electron chi connectivity index (χ3n) is 3.58. The quantitative estimate of drug-likeness (QED) is 0.676. The monoisotopic (exact) mass is 359 g/mol. The number of urea groups is 1. The van der Waals surface area contributed by atoms with Crippen LogP contribution in [0.1, 0.15) is 5.56 Å². The van der Waals surface area contributed by atoms with Crippen LogP contribution in [0.5, 0.6) is 0 Å². The van der Waals surface area contributed by atoms with Crippen LogP contribution in [0, 0.1) is 0 Å². The molecule has 1 aliphatic heterocycles. The van der Waals surface area contributed by atoms with Gasteiger partial charge in [-0.05, 0) is 12.1 Å². The van der Waals surface area contributed by atoms with E-state index >= 15 is 0 Å². The summed E-state index contributed by atoms with van der Waals surface area (Å²) in [6.45, 7) is 0.295. The predicted octanol–water partition coefficient (Wildman–Crippen LogP) is -0.290. The van der Waals surface area contributed by atoms with Gasteiger partial charge in [-0.3, -0.25) is 14.5 Å². The van der Waals surface area contributed by atoms with E-state index in [1.807, 2.05) is 0 Å². The third-order valence-corrected chi connectivity index (χ3v) is 3.58. The van der Waals surface area contributed by atoms with Gasteiger partial charge in [-0.25, -0.2) is 4.79 Å². The summed E-state index contributed by atoms with van der Waals surface area (Å²) < 4.78 is 38.7. The number of hydrogen-bond acceptors (Lipinski definition) is 3. The van der Waals surface area contributed by atoms with Crippen molar-refractivity contribution in [1.29, 1.82) is 0 Å². The van der Waals surface area contributed by atoms with Crippen LogP contribution in [-0.4, -0.2) is 56.0 Å². The number of quaternary nitrogens is 1. The van der Waals surface area contributed by atoms with Gasteiger partial charge in [0.2, 0.25) is 0 Å². The summed E-state index contributed by atoms with van der Waals surface area (Å²) in [6.07, 6.45) is -4.58. The number of imide groups is 1. The Hall–Kier alpha value is -2.62. The Kier molecular flexibility index (Phi) is 5.62. The lowest BCUT2D eigenvalue weighted by molar-refractivity contribution is -0.862. The predicted molar refractivity (Wildman–Crippen MR) is 81.8 cm³/mol. The van der Waals surface area contributed by atoms with Crippen LogP contribution in [0.3, 0.4) is 0 Å². The van der Waals surface area contributed by atoms with Crippen molar-refractivity contribution in [3.8, 4) is 0 Å². The van der Waals surface area contributed by atoms with Gasteiger partial charge in [-0.1, -0.05) is 12.1 Å². The Balaban J connectivity index is 1.92. The van der Waals surface area contributed by atoms with Crippen LogP contribution in [0.4, 0.5) is 23.7 Å². The third kappa shape index (κ3) is 4.92. The lowest BCUT2D eigenvalue weighted by atomic mass is 10.1. The molecule has 1 aromatic carbocycles. The van der Waals surface area contributed by atoms with E-state index in [4.69, 9.17) is 0 Å². The number of rotatable bonds is 5. The van der Waals surface area contributed by atoms with Gasteiger partial charge in [0.25, 0.3) is 11.8 Å². The summed E-state index contributed by atoms with van der Waals surface area (Å²) in [4.78, 5) is 36.8. The van der Waals surface area contributed by atoms with Crippen molar-refractivity contribution < 1.29 is 32.5 Å². The molecule has 1 aromatic rings. The minimum atomic E-state index is -4.58. The maximum absolute atomic E-state index is 12.9. The van der Waals surface area contributed by atoms with Crippen LogP contribution < -0.4 is 15.5 Å². The minimum absolute atomic E-state index is 0.123. The average Bonchev–Trinajstić information content (AvgIpc) is 2.92. The van der Waals surface area contributed by atoms with E-state index in [2.05, 4.69) is 10.6 Å². The number of carbonyl (C=O) groups excluding carboxylic acids is 3. The van der Waals surface area contributed by atoms with Crippen molar-refractivity contribution in [1.82, 2.24) is 10.2 Å². The molecule has 0 aliphatic carbocycles. The van der Waals surface area contributed by atoms with Crippen LogP contribution in [0.25, 0.3) is 0 Å². The molecule has 1 unspecified atom stereocenters. The highest BCUT2D eigenvalue weighted by Gasteiger charge is 2.34. The molecule has 1 heterocycles. The number of likely N-dealkylation sites (N-methyl/N-ethyl adjacent to an activating group) is 1. The Morgan fingerprint density at radius 3 is 2.56 bits per heavy atom. The zero-order valence-electron chi connectivity index (χ0n) is 13.4. The van der Waals surface area contributed by atoms with E-state index in [1.54, 1.807) is 7.05 Å². The van der Waals surface area contributed by atoms with E-state index < -0.39 is 29.6 Å². The highest BCUT2D eigenvalue weighted by Crippen LogP contribution is 2.34. The van der Waals surface area contributed by atoms with Crippen molar-refractivity contribution in [2.45, 2.75) is 6.18 Å². The van der Waals surface area contributed by atoms with E-state index in [0.717, 1.165) is 17.0 Å². The molecule has 0 bridgehead atoms. The maximum atomic E-state index is 12.9. The molecule has 2 rings (SSSR count). The fourth-order valence-corrected chi connectivity index (χ4v) is 2.43. The summed E-state index contributed by atoms with van der Waals surface area (Å²) in [6, 6.07) is 4.17. The molecule has 0 spiro atoms. The number of alkyl halides is 3. The number of benzene rings is 1. The summed E-state index contributed by atoms with van der Waals surface area (Å²) in [5.74, 6) is -1.11. The van der Waals surface area contributed by atoms with E-state index in [0.29, 0.717) is 11.4 Å². The van der Waals surface area contributed by atoms with E-state index in [1.165, 1.54) is 12.1 Å². The van der Waals surface area contributed by atoms with Crippen molar-refractivity contribution in [3.63, 3.8) is 0 Å². The highest BCUT2D eigenvalue weighted by molar-refractivity contribution is 5.96. The number of hydrogen-bond donors (Lipinski definition) is 3. The summed E-state index contributed by atoms with van der Waals surface area (Å²) >= 11 is 0. The first-order chi connectivity index (χ1) is 11.7. The molecular weight excluding hydrogens is 341 g/mol. The highest BCUT2D eigenvalue weighted by atomic mass is 19.4. The molecule has 10 heteroatoms. The van der Waals surface area contributed by atoms with Gasteiger partial charge < -0.3 is 15.5 Å². The number of carbonyl (C=O) groups is 3. The molecule has 1 saturated heterocycles. The van der Waals surface area contributed by atoms with E-state index in [9.17, 15) is 27.6 Å². The molecule has 1 aliphatic rings. The molecule has 4 amide bonds. The zero-order chi connectivity index (χ0) is 18.6. The summed E-state index contributed by atoms with van der Waals surface area (Å²) in [5.41, 5.74) is -1.27. The molecule has 0 radical (unpaired) electrons. The summed E-state index contributed by atoms with van der Waals surface area (Å²) in [5, 5.41) is 4.70. The van der Waals surface area contributed by atoms with Gasteiger partial charge in [0, 0.05) is 13.1 Å². The molecule has 7 nitrogen and oxygen atoms in total. The lowest BCUT2D eigenvalue weighted by Gasteiger charge is -2.18. The fraction of sp³-hybridized carbons (Fsp3) is 0.400. The Morgan fingerprint density at radius 2 is 1.96 bits per heavy atom. The number of amides is 4. The molecular formula is C15H18F3N4O3+. The number of halogens is 3. The number of para-hydroxylation sites is 1. The number of nitrogens with one attached hydrogen (secondary N) is 3. The van der Waals surface area contributed by atoms with Crippen LogP contribution in [0.15, 0.2) is 24.3 Å². The molecule has 1 fully saturated rings. The molecule has 0 saturated carbocycles. The Labute approximate surface area is 141 Å². The SMILES string of the molecule is C[NH+](CC(=O)Nc1ccccc1C(F)(F)F)CC(=O)N1CCNC1=O. The first kappa shape index (κ1) is 18.7. The van der Waals surface area contributed by atoms with Gasteiger partial charge >= 0.3 is 12.2 Å². The zero-order valence-corrected chi connectivity index (χ0v) is 13.4. The second kappa shape index (κ2) is 7.51. The van der Waals surface area contributed by atoms with Crippen molar-refractivity contribution in [2.24, 2.45) is 0 Å².